The Morgan fingerprint density at radius 3 is 2.90 bits per heavy atom. The summed E-state index contributed by atoms with van der Waals surface area (Å²) in [5.74, 6) is 0.263. The van der Waals surface area contributed by atoms with E-state index in [0.717, 1.165) is 13.0 Å². The predicted octanol–water partition coefficient (Wildman–Crippen LogP) is 1.28. The van der Waals surface area contributed by atoms with Crippen molar-refractivity contribution in [2.24, 2.45) is 5.92 Å². The highest BCUT2D eigenvalue weighted by atomic mass is 35.5. The van der Waals surface area contributed by atoms with E-state index in [1.807, 2.05) is 7.05 Å². The van der Waals surface area contributed by atoms with Gasteiger partial charge in [-0.25, -0.2) is 0 Å². The molecule has 1 aliphatic heterocycles. The van der Waals surface area contributed by atoms with Crippen LogP contribution >= 0.6 is 12.4 Å². The first-order valence-electron chi connectivity index (χ1n) is 6.50. The van der Waals surface area contributed by atoms with Crippen molar-refractivity contribution in [2.45, 2.75) is 6.42 Å². The van der Waals surface area contributed by atoms with Crippen LogP contribution in [0.3, 0.4) is 0 Å². The number of anilines is 1. The van der Waals surface area contributed by atoms with Gasteiger partial charge in [-0.05, 0) is 38.1 Å². The summed E-state index contributed by atoms with van der Waals surface area (Å²) in [6, 6.07) is 4.20. The first-order valence-corrected chi connectivity index (χ1v) is 6.50. The maximum absolute atomic E-state index is 12.3. The quantitative estimate of drug-likeness (QED) is 0.495. The Morgan fingerprint density at radius 1 is 1.57 bits per heavy atom. The molecular formula is C13H19ClN4O3. The van der Waals surface area contributed by atoms with Gasteiger partial charge in [0, 0.05) is 24.7 Å². The minimum atomic E-state index is -0.570. The maximum atomic E-state index is 12.3. The molecule has 1 aromatic carbocycles. The Labute approximate surface area is 129 Å². The molecule has 0 saturated carbocycles. The van der Waals surface area contributed by atoms with E-state index in [1.165, 1.54) is 18.2 Å². The van der Waals surface area contributed by atoms with Gasteiger partial charge < -0.3 is 16.0 Å². The second kappa shape index (κ2) is 7.24. The molecule has 8 heteroatoms. The lowest BCUT2D eigenvalue weighted by atomic mass is 10.1. The van der Waals surface area contributed by atoms with Gasteiger partial charge in [0.15, 0.2) is 0 Å². The summed E-state index contributed by atoms with van der Waals surface area (Å²) >= 11 is 0. The summed E-state index contributed by atoms with van der Waals surface area (Å²) < 4.78 is 0. The SMILES string of the molecule is CNCC1CCN(C(=O)c2ccc(N)c([N+](=O)[O-])c2)C1.Cl. The van der Waals surface area contributed by atoms with Crippen molar-refractivity contribution < 1.29 is 9.72 Å². The number of halogens is 1. The van der Waals surface area contributed by atoms with Crippen molar-refractivity contribution in [1.29, 1.82) is 0 Å². The van der Waals surface area contributed by atoms with Crippen molar-refractivity contribution >= 4 is 29.7 Å². The number of carbonyl (C=O) groups excluding carboxylic acids is 1. The van der Waals surface area contributed by atoms with Gasteiger partial charge in [-0.2, -0.15) is 0 Å². The molecule has 1 heterocycles. The van der Waals surface area contributed by atoms with Crippen LogP contribution in [-0.4, -0.2) is 42.4 Å². The zero-order valence-corrected chi connectivity index (χ0v) is 12.6. The summed E-state index contributed by atoms with van der Waals surface area (Å²) in [6.07, 6.45) is 0.948. The molecule has 0 aromatic heterocycles. The molecule has 116 valence electrons. The lowest BCUT2D eigenvalue weighted by Crippen LogP contribution is -2.30. The highest BCUT2D eigenvalue weighted by molar-refractivity contribution is 5.95. The summed E-state index contributed by atoms with van der Waals surface area (Å²) in [5, 5.41) is 13.9. The molecule has 1 amide bonds. The number of nitrogen functional groups attached to an aromatic ring is 1. The number of rotatable bonds is 4. The minimum absolute atomic E-state index is 0. The van der Waals surface area contributed by atoms with E-state index in [9.17, 15) is 14.9 Å². The fraction of sp³-hybridized carbons (Fsp3) is 0.462. The fourth-order valence-corrected chi connectivity index (χ4v) is 2.49. The van der Waals surface area contributed by atoms with Crippen molar-refractivity contribution in [1.82, 2.24) is 10.2 Å². The van der Waals surface area contributed by atoms with E-state index < -0.39 is 4.92 Å². The van der Waals surface area contributed by atoms with Gasteiger partial charge in [0.25, 0.3) is 11.6 Å². The number of nitro groups is 1. The Balaban J connectivity index is 0.00000220. The number of hydrogen-bond acceptors (Lipinski definition) is 5. The van der Waals surface area contributed by atoms with Gasteiger partial charge in [-0.3, -0.25) is 14.9 Å². The number of hydrogen-bond donors (Lipinski definition) is 2. The van der Waals surface area contributed by atoms with Gasteiger partial charge in [0.05, 0.1) is 4.92 Å². The zero-order chi connectivity index (χ0) is 14.7. The van der Waals surface area contributed by atoms with Crippen molar-refractivity contribution in [3.05, 3.63) is 33.9 Å². The van der Waals surface area contributed by atoms with Gasteiger partial charge in [0.2, 0.25) is 0 Å². The molecule has 1 unspecified atom stereocenters. The smallest absolute Gasteiger partial charge is 0.292 e. The molecule has 1 saturated heterocycles. The minimum Gasteiger partial charge on any atom is -0.393 e. The number of nitro benzene ring substituents is 1. The zero-order valence-electron chi connectivity index (χ0n) is 11.7. The van der Waals surface area contributed by atoms with Gasteiger partial charge in [-0.15, -0.1) is 12.4 Å². The van der Waals surface area contributed by atoms with Crippen molar-refractivity contribution in [3.63, 3.8) is 0 Å². The van der Waals surface area contributed by atoms with E-state index in [2.05, 4.69) is 5.32 Å². The lowest BCUT2D eigenvalue weighted by molar-refractivity contribution is -0.383. The average Bonchev–Trinajstić information content (AvgIpc) is 2.87. The third-order valence-corrected chi connectivity index (χ3v) is 3.54. The van der Waals surface area contributed by atoms with Crippen LogP contribution in [0.2, 0.25) is 0 Å². The highest BCUT2D eigenvalue weighted by Gasteiger charge is 2.27. The van der Waals surface area contributed by atoms with Crippen LogP contribution < -0.4 is 11.1 Å². The third kappa shape index (κ3) is 3.83. The largest absolute Gasteiger partial charge is 0.393 e. The molecule has 21 heavy (non-hydrogen) atoms. The molecule has 1 aromatic rings. The molecule has 0 radical (unpaired) electrons. The van der Waals surface area contributed by atoms with Crippen LogP contribution in [0, 0.1) is 16.0 Å². The molecule has 2 rings (SSSR count). The first-order chi connectivity index (χ1) is 9.52. The lowest BCUT2D eigenvalue weighted by Gasteiger charge is -2.16. The Kier molecular flexibility index (Phi) is 5.92. The summed E-state index contributed by atoms with van der Waals surface area (Å²) in [7, 11) is 1.88. The number of nitrogens with two attached hydrogens (primary N) is 1. The van der Waals surface area contributed by atoms with Crippen LogP contribution in [0.5, 0.6) is 0 Å². The molecule has 1 aliphatic rings. The first kappa shape index (κ1) is 17.2. The van der Waals surface area contributed by atoms with E-state index in [1.54, 1.807) is 4.90 Å². The van der Waals surface area contributed by atoms with E-state index in [0.29, 0.717) is 24.6 Å². The summed E-state index contributed by atoms with van der Waals surface area (Å²) in [6.45, 7) is 2.23. The molecule has 1 fully saturated rings. The van der Waals surface area contributed by atoms with E-state index in [-0.39, 0.29) is 29.7 Å². The molecule has 7 nitrogen and oxygen atoms in total. The number of carbonyl (C=O) groups is 1. The van der Waals surface area contributed by atoms with Crippen LogP contribution in [0.15, 0.2) is 18.2 Å². The standard InChI is InChI=1S/C13H18N4O3.ClH/c1-15-7-9-4-5-16(8-9)13(18)10-2-3-11(14)12(6-10)17(19)20;/h2-3,6,9,15H,4-5,7-8,14H2,1H3;1H. The molecular weight excluding hydrogens is 296 g/mol. The van der Waals surface area contributed by atoms with Crippen molar-refractivity contribution in [3.8, 4) is 0 Å². The molecule has 0 aliphatic carbocycles. The van der Waals surface area contributed by atoms with Gasteiger partial charge in [0.1, 0.15) is 5.69 Å². The predicted molar refractivity (Wildman–Crippen MR) is 82.7 cm³/mol. The second-order valence-corrected chi connectivity index (χ2v) is 4.99. The second-order valence-electron chi connectivity index (χ2n) is 4.99. The number of nitrogens with one attached hydrogen (secondary N) is 1. The van der Waals surface area contributed by atoms with Crippen LogP contribution in [0.25, 0.3) is 0 Å². The van der Waals surface area contributed by atoms with Gasteiger partial charge >= 0.3 is 0 Å². The highest BCUT2D eigenvalue weighted by Crippen LogP contribution is 2.24. The van der Waals surface area contributed by atoms with Crippen molar-refractivity contribution in [2.75, 3.05) is 32.4 Å². The normalized spacial score (nSPS) is 17.4. The topological polar surface area (TPSA) is 102 Å². The van der Waals surface area contributed by atoms with E-state index >= 15 is 0 Å². The van der Waals surface area contributed by atoms with Crippen LogP contribution in [0.4, 0.5) is 11.4 Å². The summed E-state index contributed by atoms with van der Waals surface area (Å²) in [4.78, 5) is 24.3. The molecule has 0 spiro atoms. The molecule has 1 atom stereocenters. The van der Waals surface area contributed by atoms with Crippen LogP contribution in [-0.2, 0) is 0 Å². The fourth-order valence-electron chi connectivity index (χ4n) is 2.49. The Bertz CT molecular complexity index is 538. The number of benzene rings is 1. The Morgan fingerprint density at radius 2 is 2.29 bits per heavy atom. The molecule has 0 bridgehead atoms. The summed E-state index contributed by atoms with van der Waals surface area (Å²) in [5.41, 5.74) is 5.70. The third-order valence-electron chi connectivity index (χ3n) is 3.54. The van der Waals surface area contributed by atoms with Crippen LogP contribution in [0.1, 0.15) is 16.8 Å². The molecule has 3 N–H and O–H groups in total. The maximum Gasteiger partial charge on any atom is 0.292 e. The number of nitrogens with zero attached hydrogens (tertiary/aromatic N) is 2. The average molecular weight is 315 g/mol. The van der Waals surface area contributed by atoms with E-state index in [4.69, 9.17) is 5.73 Å². The van der Waals surface area contributed by atoms with Gasteiger partial charge in [-0.1, -0.05) is 0 Å². The Hall–Kier alpha value is -1.86. The number of likely N-dealkylation sites (tertiary alicyclic amines) is 1. The number of amides is 1. The monoisotopic (exact) mass is 314 g/mol.